The molecule has 0 bridgehead atoms. The molecule has 104 valence electrons. The van der Waals surface area contributed by atoms with Gasteiger partial charge in [-0.1, -0.05) is 20.8 Å². The Morgan fingerprint density at radius 2 is 1.00 bits per heavy atom. The first kappa shape index (κ1) is 17.5. The van der Waals surface area contributed by atoms with Gasteiger partial charge in [-0.3, -0.25) is 15.3 Å². The number of hydrogen-bond donors (Lipinski definition) is 3. The van der Waals surface area contributed by atoms with E-state index >= 15 is 0 Å². The molecular formula is C12H30N3PS. The fourth-order valence-electron chi connectivity index (χ4n) is 1.32. The maximum atomic E-state index is 5.81. The zero-order chi connectivity index (χ0) is 13.5. The highest BCUT2D eigenvalue weighted by molar-refractivity contribution is 8.11. The molecule has 0 fully saturated rings. The minimum atomic E-state index is -1.85. The first-order chi connectivity index (χ1) is 7.86. The van der Waals surface area contributed by atoms with E-state index in [1.54, 1.807) is 0 Å². The van der Waals surface area contributed by atoms with Crippen molar-refractivity contribution in [2.45, 2.75) is 78.9 Å². The maximum absolute atomic E-state index is 5.81. The van der Waals surface area contributed by atoms with E-state index in [0.29, 0.717) is 18.1 Å². The smallest absolute Gasteiger partial charge is 0.138 e. The summed E-state index contributed by atoms with van der Waals surface area (Å²) in [6.45, 7) is 11.3. The van der Waals surface area contributed by atoms with Crippen LogP contribution in [0.15, 0.2) is 0 Å². The molecule has 3 N–H and O–H groups in total. The van der Waals surface area contributed by atoms with Crippen LogP contribution in [-0.4, -0.2) is 18.1 Å². The minimum absolute atomic E-state index is 0.453. The fraction of sp³-hybridized carbons (Fsp3) is 1.00. The van der Waals surface area contributed by atoms with Gasteiger partial charge in [0.15, 0.2) is 0 Å². The molecule has 0 spiro atoms. The molecule has 0 radical (unpaired) electrons. The van der Waals surface area contributed by atoms with Crippen molar-refractivity contribution in [1.82, 2.24) is 15.3 Å². The summed E-state index contributed by atoms with van der Waals surface area (Å²) >= 11 is 5.81. The average molecular weight is 279 g/mol. The summed E-state index contributed by atoms with van der Waals surface area (Å²) < 4.78 is 0. The zero-order valence-corrected chi connectivity index (χ0v) is 13.9. The fourth-order valence-corrected chi connectivity index (χ4v) is 5.57. The van der Waals surface area contributed by atoms with Crippen LogP contribution in [0.4, 0.5) is 0 Å². The Labute approximate surface area is 113 Å². The molecule has 0 aliphatic heterocycles. The van der Waals surface area contributed by atoms with Gasteiger partial charge in [-0.2, -0.15) is 0 Å². The lowest BCUT2D eigenvalue weighted by molar-refractivity contribution is 0.589. The maximum Gasteiger partial charge on any atom is 0.138 e. The lowest BCUT2D eigenvalue weighted by Crippen LogP contribution is -2.42. The van der Waals surface area contributed by atoms with E-state index in [1.807, 2.05) is 0 Å². The van der Waals surface area contributed by atoms with Gasteiger partial charge in [0.05, 0.1) is 0 Å². The molecule has 0 heterocycles. The van der Waals surface area contributed by atoms with E-state index in [9.17, 15) is 0 Å². The third kappa shape index (κ3) is 7.53. The Hall–Kier alpha value is 0.530. The molecular weight excluding hydrogens is 249 g/mol. The summed E-state index contributed by atoms with van der Waals surface area (Å²) in [5.41, 5.74) is 0. The molecule has 0 aromatic rings. The van der Waals surface area contributed by atoms with Gasteiger partial charge < -0.3 is 0 Å². The molecule has 5 heteroatoms. The van der Waals surface area contributed by atoms with Crippen molar-refractivity contribution in [1.29, 1.82) is 0 Å². The van der Waals surface area contributed by atoms with Crippen LogP contribution in [0.5, 0.6) is 0 Å². The van der Waals surface area contributed by atoms with Gasteiger partial charge >= 0.3 is 0 Å². The predicted molar refractivity (Wildman–Crippen MR) is 83.0 cm³/mol. The lowest BCUT2D eigenvalue weighted by Gasteiger charge is -2.33. The quantitative estimate of drug-likeness (QED) is 0.566. The Morgan fingerprint density at radius 1 is 0.765 bits per heavy atom. The molecule has 3 unspecified atom stereocenters. The van der Waals surface area contributed by atoms with Gasteiger partial charge in [0.1, 0.15) is 6.49 Å². The van der Waals surface area contributed by atoms with Crippen LogP contribution < -0.4 is 15.3 Å². The second-order valence-electron chi connectivity index (χ2n) is 4.92. The highest BCUT2D eigenvalue weighted by Crippen LogP contribution is 2.34. The first-order valence-corrected chi connectivity index (χ1v) is 9.60. The zero-order valence-electron chi connectivity index (χ0n) is 12.2. The summed E-state index contributed by atoms with van der Waals surface area (Å²) in [5, 5.41) is 10.7. The van der Waals surface area contributed by atoms with Crippen molar-refractivity contribution in [2.24, 2.45) is 0 Å². The first-order valence-electron chi connectivity index (χ1n) is 6.80. The van der Waals surface area contributed by atoms with Crippen molar-refractivity contribution in [3.63, 3.8) is 0 Å². The minimum Gasteiger partial charge on any atom is -0.263 e. The van der Waals surface area contributed by atoms with E-state index in [2.05, 4.69) is 56.8 Å². The number of nitrogens with one attached hydrogen (secondary N) is 3. The molecule has 3 atom stereocenters. The average Bonchev–Trinajstić information content (AvgIpc) is 2.27. The highest BCUT2D eigenvalue weighted by Gasteiger charge is 2.21. The summed E-state index contributed by atoms with van der Waals surface area (Å²) in [7, 11) is 0. The van der Waals surface area contributed by atoms with Crippen molar-refractivity contribution in [3.05, 3.63) is 0 Å². The van der Waals surface area contributed by atoms with Gasteiger partial charge in [-0.15, -0.1) is 0 Å². The van der Waals surface area contributed by atoms with E-state index in [-0.39, 0.29) is 0 Å². The standard InChI is InChI=1S/C12H30N3PS/c1-7-10(4)13-16(17,14-11(5)8-2)15-12(6)9-3/h10-12H,7-9H2,1-6H3,(H3,13,14,15,17). The van der Waals surface area contributed by atoms with E-state index < -0.39 is 6.49 Å². The topological polar surface area (TPSA) is 36.1 Å². The van der Waals surface area contributed by atoms with Crippen LogP contribution in [0, 0.1) is 0 Å². The summed E-state index contributed by atoms with van der Waals surface area (Å²) in [5.74, 6) is 0. The summed E-state index contributed by atoms with van der Waals surface area (Å²) in [4.78, 5) is 0. The number of rotatable bonds is 9. The molecule has 0 saturated carbocycles. The summed E-state index contributed by atoms with van der Waals surface area (Å²) in [6.07, 6.45) is 3.30. The van der Waals surface area contributed by atoms with Crippen LogP contribution in [-0.2, 0) is 11.8 Å². The molecule has 0 aromatic heterocycles. The number of hydrogen-bond acceptors (Lipinski definition) is 1. The SMILES string of the molecule is CCC(C)NP(=S)(NC(C)CC)NC(C)CC. The second-order valence-corrected chi connectivity index (χ2v) is 8.56. The monoisotopic (exact) mass is 279 g/mol. The van der Waals surface area contributed by atoms with Crippen LogP contribution in [0.3, 0.4) is 0 Å². The van der Waals surface area contributed by atoms with Crippen molar-refractivity contribution in [2.75, 3.05) is 0 Å². The normalized spacial score (nSPS) is 20.6. The van der Waals surface area contributed by atoms with Crippen LogP contribution in [0.1, 0.15) is 60.8 Å². The van der Waals surface area contributed by atoms with Crippen LogP contribution in [0.25, 0.3) is 0 Å². The van der Waals surface area contributed by atoms with Crippen molar-refractivity contribution in [3.8, 4) is 0 Å². The van der Waals surface area contributed by atoms with Gasteiger partial charge in [0.25, 0.3) is 0 Å². The molecule has 0 saturated heterocycles. The molecule has 17 heavy (non-hydrogen) atoms. The van der Waals surface area contributed by atoms with Gasteiger partial charge in [-0.25, -0.2) is 0 Å². The Bertz CT molecular complexity index is 210. The Morgan fingerprint density at radius 3 is 1.18 bits per heavy atom. The van der Waals surface area contributed by atoms with Crippen LogP contribution >= 0.6 is 6.49 Å². The molecule has 0 aromatic carbocycles. The van der Waals surface area contributed by atoms with Crippen molar-refractivity contribution < 1.29 is 0 Å². The molecule has 0 aliphatic rings. The van der Waals surface area contributed by atoms with E-state index in [0.717, 1.165) is 19.3 Å². The second kappa shape index (κ2) is 8.60. The molecule has 0 aliphatic carbocycles. The third-order valence-corrected chi connectivity index (χ3v) is 6.41. The summed E-state index contributed by atoms with van der Waals surface area (Å²) in [6, 6.07) is 1.36. The Kier molecular flexibility index (Phi) is 8.87. The third-order valence-electron chi connectivity index (χ3n) is 3.04. The van der Waals surface area contributed by atoms with E-state index in [4.69, 9.17) is 11.8 Å². The molecule has 3 nitrogen and oxygen atoms in total. The van der Waals surface area contributed by atoms with E-state index in [1.165, 1.54) is 0 Å². The Balaban J connectivity index is 4.62. The van der Waals surface area contributed by atoms with Crippen LogP contribution in [0.2, 0.25) is 0 Å². The van der Waals surface area contributed by atoms with Gasteiger partial charge in [-0.05, 0) is 51.8 Å². The highest BCUT2D eigenvalue weighted by atomic mass is 32.4. The lowest BCUT2D eigenvalue weighted by atomic mass is 10.3. The molecule has 0 rings (SSSR count). The molecule has 0 amide bonds. The van der Waals surface area contributed by atoms with Gasteiger partial charge in [0.2, 0.25) is 0 Å². The van der Waals surface area contributed by atoms with Crippen molar-refractivity contribution >= 4 is 18.3 Å². The largest absolute Gasteiger partial charge is 0.263 e. The predicted octanol–water partition coefficient (Wildman–Crippen LogP) is 3.38. The van der Waals surface area contributed by atoms with Gasteiger partial charge in [0, 0.05) is 18.1 Å².